The average Bonchev–Trinajstić information content (AvgIpc) is 2.17. The lowest BCUT2D eigenvalue weighted by molar-refractivity contribution is 0.848. The Kier molecular flexibility index (Phi) is 7.26. The van der Waals surface area contributed by atoms with Gasteiger partial charge >= 0.3 is 0 Å². The van der Waals surface area contributed by atoms with Gasteiger partial charge in [0.05, 0.1) is 6.07 Å². The summed E-state index contributed by atoms with van der Waals surface area (Å²) >= 11 is 0. The number of nitrogens with zero attached hydrogens (tertiary/aromatic N) is 1. The Morgan fingerprint density at radius 1 is 1.43 bits per heavy atom. The molecule has 0 spiro atoms. The number of hydrogen-bond donors (Lipinski definition) is 1. The van der Waals surface area contributed by atoms with Crippen LogP contribution in [0.1, 0.15) is 27.2 Å². The standard InChI is InChI=1S/C12H18N2/c1-4-7-12(10-13)9-6-8-11(3)14-5-2/h4,7-9,14H,5-6H2,1-3H3/b7-4-,11-8+,12-9?. The van der Waals surface area contributed by atoms with E-state index >= 15 is 0 Å². The van der Waals surface area contributed by atoms with Crippen LogP contribution in [0.15, 0.2) is 35.6 Å². The highest BCUT2D eigenvalue weighted by atomic mass is 14.8. The third kappa shape index (κ3) is 6.07. The van der Waals surface area contributed by atoms with Gasteiger partial charge in [0, 0.05) is 17.8 Å². The van der Waals surface area contributed by atoms with Crippen molar-refractivity contribution in [2.45, 2.75) is 27.2 Å². The van der Waals surface area contributed by atoms with Crippen LogP contribution in [0.25, 0.3) is 0 Å². The molecule has 0 aliphatic rings. The fourth-order valence-corrected chi connectivity index (χ4v) is 1.04. The van der Waals surface area contributed by atoms with Gasteiger partial charge in [0.25, 0.3) is 0 Å². The molecule has 0 aromatic heterocycles. The van der Waals surface area contributed by atoms with E-state index in [1.54, 1.807) is 0 Å². The van der Waals surface area contributed by atoms with Crippen LogP contribution in [0.5, 0.6) is 0 Å². The maximum Gasteiger partial charge on any atom is 0.0988 e. The third-order valence-electron chi connectivity index (χ3n) is 1.69. The molecule has 1 N–H and O–H groups in total. The van der Waals surface area contributed by atoms with Crippen LogP contribution in [0.2, 0.25) is 0 Å². The summed E-state index contributed by atoms with van der Waals surface area (Å²) in [5, 5.41) is 11.9. The molecule has 0 atom stereocenters. The fraction of sp³-hybridized carbons (Fsp3) is 0.417. The van der Waals surface area contributed by atoms with E-state index in [4.69, 9.17) is 5.26 Å². The summed E-state index contributed by atoms with van der Waals surface area (Å²) in [5.74, 6) is 0. The number of allylic oxidation sites excluding steroid dienone is 6. The van der Waals surface area contributed by atoms with Crippen molar-refractivity contribution < 1.29 is 0 Å². The number of hydrogen-bond acceptors (Lipinski definition) is 2. The van der Waals surface area contributed by atoms with E-state index in [2.05, 4.69) is 24.4 Å². The number of rotatable bonds is 5. The molecule has 0 bridgehead atoms. The molecular formula is C12H18N2. The molecule has 0 radical (unpaired) electrons. The molecular weight excluding hydrogens is 172 g/mol. The van der Waals surface area contributed by atoms with Crippen LogP contribution in [0, 0.1) is 11.3 Å². The molecule has 0 aliphatic carbocycles. The molecule has 2 heteroatoms. The zero-order valence-corrected chi connectivity index (χ0v) is 9.17. The zero-order valence-electron chi connectivity index (χ0n) is 9.17. The predicted molar refractivity (Wildman–Crippen MR) is 60.6 cm³/mol. The van der Waals surface area contributed by atoms with Crippen LogP contribution in [0.3, 0.4) is 0 Å². The lowest BCUT2D eigenvalue weighted by Gasteiger charge is -2.00. The smallest absolute Gasteiger partial charge is 0.0988 e. The van der Waals surface area contributed by atoms with Gasteiger partial charge in [-0.3, -0.25) is 0 Å². The first kappa shape index (κ1) is 12.5. The van der Waals surface area contributed by atoms with Gasteiger partial charge in [-0.25, -0.2) is 0 Å². The first-order chi connectivity index (χ1) is 6.74. The Balaban J connectivity index is 4.15. The van der Waals surface area contributed by atoms with Crippen molar-refractivity contribution in [1.29, 1.82) is 5.26 Å². The van der Waals surface area contributed by atoms with Crippen LogP contribution < -0.4 is 5.32 Å². The summed E-state index contributed by atoms with van der Waals surface area (Å²) in [4.78, 5) is 0. The summed E-state index contributed by atoms with van der Waals surface area (Å²) in [6, 6.07) is 2.13. The van der Waals surface area contributed by atoms with Gasteiger partial charge in [0.15, 0.2) is 0 Å². The molecule has 14 heavy (non-hydrogen) atoms. The van der Waals surface area contributed by atoms with E-state index < -0.39 is 0 Å². The molecule has 0 aromatic carbocycles. The monoisotopic (exact) mass is 190 g/mol. The second kappa shape index (κ2) is 8.12. The predicted octanol–water partition coefficient (Wildman–Crippen LogP) is 2.92. The summed E-state index contributed by atoms with van der Waals surface area (Å²) in [5.41, 5.74) is 1.87. The van der Waals surface area contributed by atoms with E-state index in [0.29, 0.717) is 5.57 Å². The maximum absolute atomic E-state index is 8.72. The minimum absolute atomic E-state index is 0.716. The zero-order chi connectivity index (χ0) is 10.8. The topological polar surface area (TPSA) is 35.8 Å². The highest BCUT2D eigenvalue weighted by Crippen LogP contribution is 1.99. The minimum atomic E-state index is 0.716. The fourth-order valence-electron chi connectivity index (χ4n) is 1.04. The third-order valence-corrected chi connectivity index (χ3v) is 1.69. The highest BCUT2D eigenvalue weighted by Gasteiger charge is 1.87. The molecule has 0 saturated heterocycles. The Morgan fingerprint density at radius 2 is 2.14 bits per heavy atom. The molecule has 0 fully saturated rings. The normalized spacial score (nSPS) is 13.0. The van der Waals surface area contributed by atoms with Crippen molar-refractivity contribution in [1.82, 2.24) is 5.32 Å². The summed E-state index contributed by atoms with van der Waals surface area (Å²) < 4.78 is 0. The number of nitriles is 1. The van der Waals surface area contributed by atoms with Gasteiger partial charge < -0.3 is 5.32 Å². The number of nitrogens with one attached hydrogen (secondary N) is 1. The van der Waals surface area contributed by atoms with Gasteiger partial charge in [0.2, 0.25) is 0 Å². The molecule has 2 nitrogen and oxygen atoms in total. The Labute approximate surface area is 86.6 Å². The summed E-state index contributed by atoms with van der Waals surface area (Å²) in [7, 11) is 0. The van der Waals surface area contributed by atoms with E-state index in [1.165, 1.54) is 0 Å². The second-order valence-electron chi connectivity index (χ2n) is 2.92. The van der Waals surface area contributed by atoms with Crippen LogP contribution >= 0.6 is 0 Å². The van der Waals surface area contributed by atoms with Gasteiger partial charge in [-0.2, -0.15) is 5.26 Å². The largest absolute Gasteiger partial charge is 0.389 e. The van der Waals surface area contributed by atoms with E-state index in [9.17, 15) is 0 Å². The van der Waals surface area contributed by atoms with Crippen molar-refractivity contribution in [3.8, 4) is 6.07 Å². The summed E-state index contributed by atoms with van der Waals surface area (Å²) in [6.07, 6.45) is 8.48. The van der Waals surface area contributed by atoms with Crippen molar-refractivity contribution in [3.05, 3.63) is 35.6 Å². The minimum Gasteiger partial charge on any atom is -0.389 e. The van der Waals surface area contributed by atoms with Crippen LogP contribution in [-0.4, -0.2) is 6.54 Å². The molecule has 76 valence electrons. The van der Waals surface area contributed by atoms with Crippen molar-refractivity contribution in [3.63, 3.8) is 0 Å². The van der Waals surface area contributed by atoms with Crippen LogP contribution in [-0.2, 0) is 0 Å². The van der Waals surface area contributed by atoms with E-state index in [-0.39, 0.29) is 0 Å². The molecule has 0 unspecified atom stereocenters. The molecule has 0 aromatic rings. The SMILES string of the molecule is C/C=C\C(C#N)=CC/C=C(\C)NCC. The van der Waals surface area contributed by atoms with Crippen molar-refractivity contribution in [2.75, 3.05) is 6.54 Å². The molecule has 0 amide bonds. The lowest BCUT2D eigenvalue weighted by Crippen LogP contribution is -2.08. The maximum atomic E-state index is 8.72. The lowest BCUT2D eigenvalue weighted by atomic mass is 10.2. The molecule has 0 heterocycles. The Morgan fingerprint density at radius 3 is 2.64 bits per heavy atom. The van der Waals surface area contributed by atoms with Gasteiger partial charge in [-0.15, -0.1) is 0 Å². The van der Waals surface area contributed by atoms with Crippen LogP contribution in [0.4, 0.5) is 0 Å². The van der Waals surface area contributed by atoms with Crippen molar-refractivity contribution in [2.24, 2.45) is 0 Å². The average molecular weight is 190 g/mol. The van der Waals surface area contributed by atoms with E-state index in [0.717, 1.165) is 18.7 Å². The molecule has 0 saturated carbocycles. The van der Waals surface area contributed by atoms with Crippen molar-refractivity contribution >= 4 is 0 Å². The highest BCUT2D eigenvalue weighted by molar-refractivity contribution is 5.32. The first-order valence-corrected chi connectivity index (χ1v) is 4.88. The van der Waals surface area contributed by atoms with Gasteiger partial charge in [-0.05, 0) is 33.3 Å². The first-order valence-electron chi connectivity index (χ1n) is 4.88. The molecule has 0 aliphatic heterocycles. The Bertz CT molecular complexity index is 277. The Hall–Kier alpha value is -1.49. The quantitative estimate of drug-likeness (QED) is 0.534. The van der Waals surface area contributed by atoms with E-state index in [1.807, 2.05) is 32.1 Å². The van der Waals surface area contributed by atoms with Gasteiger partial charge in [0.1, 0.15) is 0 Å². The summed E-state index contributed by atoms with van der Waals surface area (Å²) in [6.45, 7) is 6.93. The second-order valence-corrected chi connectivity index (χ2v) is 2.92. The van der Waals surface area contributed by atoms with Gasteiger partial charge in [-0.1, -0.05) is 18.2 Å². The molecule has 0 rings (SSSR count).